The van der Waals surface area contributed by atoms with Gasteiger partial charge in [0.2, 0.25) is 0 Å². The second-order valence-electron chi connectivity index (χ2n) is 6.54. The third-order valence-corrected chi connectivity index (χ3v) is 4.63. The fourth-order valence-corrected chi connectivity index (χ4v) is 3.28. The number of hydrogen-bond donors (Lipinski definition) is 0. The van der Waals surface area contributed by atoms with Crippen LogP contribution in [-0.2, 0) is 13.2 Å². The maximum absolute atomic E-state index is 12.4. The number of hydrogen-bond acceptors (Lipinski definition) is 3. The second-order valence-corrected chi connectivity index (χ2v) is 6.98. The van der Waals surface area contributed by atoms with E-state index >= 15 is 0 Å². The van der Waals surface area contributed by atoms with Crippen LogP contribution in [0.2, 0.25) is 5.02 Å². The van der Waals surface area contributed by atoms with E-state index in [1.165, 1.54) is 12.1 Å². The van der Waals surface area contributed by atoms with Crippen LogP contribution in [-0.4, -0.2) is 15.9 Å². The maximum atomic E-state index is 12.4. The van der Waals surface area contributed by atoms with E-state index in [4.69, 9.17) is 16.3 Å². The number of aromatic nitrogens is 2. The minimum Gasteiger partial charge on any atom is -0.486 e. The average molecular weight is 433 g/mol. The van der Waals surface area contributed by atoms with Gasteiger partial charge in [-0.1, -0.05) is 41.9 Å². The van der Waals surface area contributed by atoms with Gasteiger partial charge in [-0.05, 0) is 48.0 Å². The Morgan fingerprint density at radius 2 is 1.67 bits per heavy atom. The maximum Gasteiger partial charge on any atom is 0.573 e. The van der Waals surface area contributed by atoms with Crippen LogP contribution in [0.25, 0.3) is 11.0 Å². The molecule has 0 fully saturated rings. The van der Waals surface area contributed by atoms with E-state index in [-0.39, 0.29) is 12.4 Å². The summed E-state index contributed by atoms with van der Waals surface area (Å²) in [7, 11) is 0. The highest BCUT2D eigenvalue weighted by Gasteiger charge is 2.30. The minimum atomic E-state index is -4.72. The van der Waals surface area contributed by atoms with E-state index < -0.39 is 6.36 Å². The third-order valence-electron chi connectivity index (χ3n) is 4.40. The monoisotopic (exact) mass is 432 g/mol. The van der Waals surface area contributed by atoms with Crippen molar-refractivity contribution in [1.29, 1.82) is 0 Å². The number of para-hydroxylation sites is 2. The predicted octanol–water partition coefficient (Wildman–Crippen LogP) is 6.22. The molecule has 0 aliphatic rings. The van der Waals surface area contributed by atoms with Gasteiger partial charge in [0.1, 0.15) is 23.9 Å². The lowest BCUT2D eigenvalue weighted by Crippen LogP contribution is -2.17. The first kappa shape index (κ1) is 20.1. The Morgan fingerprint density at radius 1 is 0.900 bits per heavy atom. The lowest BCUT2D eigenvalue weighted by Gasteiger charge is -2.12. The van der Waals surface area contributed by atoms with Crippen molar-refractivity contribution in [3.63, 3.8) is 0 Å². The number of alkyl halides is 3. The molecule has 0 radical (unpaired) electrons. The second kappa shape index (κ2) is 8.28. The van der Waals surface area contributed by atoms with Crippen LogP contribution in [0, 0.1) is 0 Å². The molecule has 0 N–H and O–H groups in total. The number of fused-ring (bicyclic) bond motifs is 1. The molecule has 0 spiro atoms. The zero-order chi connectivity index (χ0) is 21.1. The Balaban J connectivity index is 1.58. The molecule has 30 heavy (non-hydrogen) atoms. The number of halogens is 4. The molecule has 1 aromatic heterocycles. The molecule has 0 aliphatic heterocycles. The van der Waals surface area contributed by atoms with Gasteiger partial charge in [-0.25, -0.2) is 4.98 Å². The van der Waals surface area contributed by atoms with E-state index in [2.05, 4.69) is 9.72 Å². The number of benzene rings is 3. The van der Waals surface area contributed by atoms with E-state index in [0.29, 0.717) is 23.1 Å². The van der Waals surface area contributed by atoms with Crippen molar-refractivity contribution in [2.75, 3.05) is 0 Å². The molecule has 3 aromatic carbocycles. The molecule has 4 aromatic rings. The summed E-state index contributed by atoms with van der Waals surface area (Å²) in [5, 5.41) is 0.571. The normalized spacial score (nSPS) is 11.6. The Kier molecular flexibility index (Phi) is 5.55. The van der Waals surface area contributed by atoms with Crippen LogP contribution in [0.1, 0.15) is 11.4 Å². The summed E-state index contributed by atoms with van der Waals surface area (Å²) in [6.07, 6.45) is -4.72. The highest BCUT2D eigenvalue weighted by molar-refractivity contribution is 6.30. The lowest BCUT2D eigenvalue weighted by atomic mass is 10.2. The van der Waals surface area contributed by atoms with Gasteiger partial charge in [-0.15, -0.1) is 13.2 Å². The van der Waals surface area contributed by atoms with E-state index in [0.717, 1.165) is 16.6 Å². The molecule has 8 heteroatoms. The molecule has 154 valence electrons. The minimum absolute atomic E-state index is 0.213. The molecule has 1 heterocycles. The zero-order valence-corrected chi connectivity index (χ0v) is 16.3. The Hall–Kier alpha value is -3.19. The van der Waals surface area contributed by atoms with Crippen LogP contribution in [0.3, 0.4) is 0 Å². The van der Waals surface area contributed by atoms with Gasteiger partial charge in [0.05, 0.1) is 11.0 Å². The van der Waals surface area contributed by atoms with Crippen molar-refractivity contribution >= 4 is 22.6 Å². The van der Waals surface area contributed by atoms with Gasteiger partial charge in [-0.2, -0.15) is 0 Å². The first-order chi connectivity index (χ1) is 14.4. The van der Waals surface area contributed by atoms with Crippen molar-refractivity contribution in [2.45, 2.75) is 19.5 Å². The summed E-state index contributed by atoms with van der Waals surface area (Å²) >= 11 is 6.00. The van der Waals surface area contributed by atoms with Crippen molar-refractivity contribution < 1.29 is 22.6 Å². The van der Waals surface area contributed by atoms with Crippen molar-refractivity contribution in [2.24, 2.45) is 0 Å². The summed E-state index contributed by atoms with van der Waals surface area (Å²) in [5.74, 6) is 1.05. The fourth-order valence-electron chi connectivity index (χ4n) is 3.10. The Labute approximate surface area is 175 Å². The molecule has 0 bridgehead atoms. The van der Waals surface area contributed by atoms with Gasteiger partial charge < -0.3 is 14.0 Å². The third kappa shape index (κ3) is 4.86. The summed E-state index contributed by atoms with van der Waals surface area (Å²) in [6, 6.07) is 20.5. The number of imidazole rings is 1. The van der Waals surface area contributed by atoms with Crippen molar-refractivity contribution in [3.8, 4) is 11.5 Å². The molecular formula is C22H16ClF3N2O2. The van der Waals surface area contributed by atoms with Crippen molar-refractivity contribution in [1.82, 2.24) is 9.55 Å². The summed E-state index contributed by atoms with van der Waals surface area (Å²) in [4.78, 5) is 4.64. The van der Waals surface area contributed by atoms with E-state index in [9.17, 15) is 13.2 Å². The van der Waals surface area contributed by atoms with Gasteiger partial charge in [0.15, 0.2) is 0 Å². The zero-order valence-electron chi connectivity index (χ0n) is 15.6. The standard InChI is InChI=1S/C22H16ClF3N2O2/c23-16-4-3-5-18(12-16)29-14-21-27-19-6-1-2-7-20(19)28(21)13-15-8-10-17(11-9-15)30-22(24,25)26/h1-12H,13-14H2. The van der Waals surface area contributed by atoms with Crippen LogP contribution in [0.15, 0.2) is 72.8 Å². The summed E-state index contributed by atoms with van der Waals surface area (Å²) in [5.41, 5.74) is 2.51. The Morgan fingerprint density at radius 3 is 2.40 bits per heavy atom. The van der Waals surface area contributed by atoms with Crippen LogP contribution in [0.4, 0.5) is 13.2 Å². The molecule has 0 unspecified atom stereocenters. The van der Waals surface area contributed by atoms with E-state index in [1.54, 1.807) is 36.4 Å². The highest BCUT2D eigenvalue weighted by Crippen LogP contribution is 2.25. The van der Waals surface area contributed by atoms with Crippen LogP contribution < -0.4 is 9.47 Å². The number of ether oxygens (including phenoxy) is 2. The van der Waals surface area contributed by atoms with Gasteiger partial charge in [-0.3, -0.25) is 0 Å². The Bertz CT molecular complexity index is 1160. The van der Waals surface area contributed by atoms with Crippen LogP contribution in [0.5, 0.6) is 11.5 Å². The average Bonchev–Trinajstić information content (AvgIpc) is 3.04. The largest absolute Gasteiger partial charge is 0.573 e. The molecular weight excluding hydrogens is 417 g/mol. The molecule has 4 rings (SSSR count). The SMILES string of the molecule is FC(F)(F)Oc1ccc(Cn2c(COc3cccc(Cl)c3)nc3ccccc32)cc1. The molecule has 0 aliphatic carbocycles. The van der Waals surface area contributed by atoms with Crippen molar-refractivity contribution in [3.05, 3.63) is 89.2 Å². The predicted molar refractivity (Wildman–Crippen MR) is 108 cm³/mol. The van der Waals surface area contributed by atoms with Gasteiger partial charge in [0.25, 0.3) is 0 Å². The first-order valence-corrected chi connectivity index (χ1v) is 9.42. The lowest BCUT2D eigenvalue weighted by molar-refractivity contribution is -0.274. The van der Waals surface area contributed by atoms with Gasteiger partial charge >= 0.3 is 6.36 Å². The van der Waals surface area contributed by atoms with Crippen LogP contribution >= 0.6 is 11.6 Å². The quantitative estimate of drug-likeness (QED) is 0.363. The fraction of sp³-hybridized carbons (Fsp3) is 0.136. The van der Waals surface area contributed by atoms with Gasteiger partial charge in [0, 0.05) is 11.6 Å². The molecule has 0 saturated heterocycles. The summed E-state index contributed by atoms with van der Waals surface area (Å²) in [6.45, 7) is 0.630. The molecule has 0 atom stereocenters. The molecule has 0 amide bonds. The smallest absolute Gasteiger partial charge is 0.486 e. The summed E-state index contributed by atoms with van der Waals surface area (Å²) < 4.78 is 48.8. The highest BCUT2D eigenvalue weighted by atomic mass is 35.5. The molecule has 0 saturated carbocycles. The number of rotatable bonds is 6. The first-order valence-electron chi connectivity index (χ1n) is 9.04. The topological polar surface area (TPSA) is 36.3 Å². The number of nitrogens with zero attached hydrogens (tertiary/aromatic N) is 2. The molecule has 4 nitrogen and oxygen atoms in total. The van der Waals surface area contributed by atoms with E-state index in [1.807, 2.05) is 28.8 Å².